The van der Waals surface area contributed by atoms with Gasteiger partial charge in [-0.05, 0) is 36.4 Å². The molecule has 2 aromatic rings. The molecule has 0 amide bonds. The van der Waals surface area contributed by atoms with Crippen molar-refractivity contribution in [2.45, 2.75) is 0 Å². The molecule has 16 heavy (non-hydrogen) atoms. The van der Waals surface area contributed by atoms with Gasteiger partial charge in [0.05, 0.1) is 7.11 Å². The van der Waals surface area contributed by atoms with Crippen molar-refractivity contribution in [3.8, 4) is 5.75 Å². The minimum Gasteiger partial charge on any atom is -0.497 e. The summed E-state index contributed by atoms with van der Waals surface area (Å²) < 4.78 is 5.12. The van der Waals surface area contributed by atoms with Gasteiger partial charge in [-0.1, -0.05) is 6.07 Å². The van der Waals surface area contributed by atoms with Crippen molar-refractivity contribution in [2.75, 3.05) is 19.1 Å². The van der Waals surface area contributed by atoms with Gasteiger partial charge in [-0.25, -0.2) is 4.98 Å². The molecule has 0 atom stereocenters. The van der Waals surface area contributed by atoms with Gasteiger partial charge >= 0.3 is 0 Å². The van der Waals surface area contributed by atoms with E-state index in [1.54, 1.807) is 13.3 Å². The highest BCUT2D eigenvalue weighted by atomic mass is 16.5. The first-order valence-corrected chi connectivity index (χ1v) is 5.10. The van der Waals surface area contributed by atoms with Crippen LogP contribution in [-0.2, 0) is 0 Å². The molecule has 1 aromatic carbocycles. The Balaban J connectivity index is 2.24. The zero-order valence-corrected chi connectivity index (χ0v) is 9.42. The third-order valence-electron chi connectivity index (χ3n) is 2.45. The largest absolute Gasteiger partial charge is 0.497 e. The minimum atomic E-state index is 0.859. The smallest absolute Gasteiger partial charge is 0.132 e. The SMILES string of the molecule is COc1ccc(N(C)c2ccccn2)cc1. The first kappa shape index (κ1) is 10.5. The molecule has 82 valence electrons. The number of benzene rings is 1. The van der Waals surface area contributed by atoms with Crippen LogP contribution in [0.3, 0.4) is 0 Å². The molecule has 1 heterocycles. The Morgan fingerprint density at radius 1 is 1.06 bits per heavy atom. The second-order valence-electron chi connectivity index (χ2n) is 3.44. The average molecular weight is 214 g/mol. The molecule has 2 rings (SSSR count). The van der Waals surface area contributed by atoms with Gasteiger partial charge in [0.25, 0.3) is 0 Å². The van der Waals surface area contributed by atoms with Crippen LogP contribution < -0.4 is 9.64 Å². The van der Waals surface area contributed by atoms with Gasteiger partial charge < -0.3 is 9.64 Å². The summed E-state index contributed by atoms with van der Waals surface area (Å²) in [6.45, 7) is 0. The summed E-state index contributed by atoms with van der Waals surface area (Å²) in [4.78, 5) is 6.32. The zero-order chi connectivity index (χ0) is 11.4. The van der Waals surface area contributed by atoms with Gasteiger partial charge in [-0.2, -0.15) is 0 Å². The molecule has 0 bridgehead atoms. The molecular formula is C13H14N2O. The third-order valence-corrected chi connectivity index (χ3v) is 2.45. The van der Waals surface area contributed by atoms with E-state index in [-0.39, 0.29) is 0 Å². The molecular weight excluding hydrogens is 200 g/mol. The summed E-state index contributed by atoms with van der Waals surface area (Å²) in [5.74, 6) is 1.78. The van der Waals surface area contributed by atoms with Crippen LogP contribution in [0.25, 0.3) is 0 Å². The van der Waals surface area contributed by atoms with Crippen LogP contribution in [0.5, 0.6) is 5.75 Å². The van der Waals surface area contributed by atoms with Gasteiger partial charge in [-0.3, -0.25) is 0 Å². The van der Waals surface area contributed by atoms with Crippen molar-refractivity contribution in [3.63, 3.8) is 0 Å². The number of nitrogens with zero attached hydrogens (tertiary/aromatic N) is 2. The first-order chi connectivity index (χ1) is 7.81. The summed E-state index contributed by atoms with van der Waals surface area (Å²) in [7, 11) is 3.65. The number of hydrogen-bond donors (Lipinski definition) is 0. The number of hydrogen-bond acceptors (Lipinski definition) is 3. The number of ether oxygens (including phenoxy) is 1. The number of aromatic nitrogens is 1. The molecule has 0 N–H and O–H groups in total. The number of rotatable bonds is 3. The maximum absolute atomic E-state index is 5.12. The maximum atomic E-state index is 5.12. The van der Waals surface area contributed by atoms with Crippen molar-refractivity contribution in [1.29, 1.82) is 0 Å². The van der Waals surface area contributed by atoms with E-state index in [0.29, 0.717) is 0 Å². The average Bonchev–Trinajstić information content (AvgIpc) is 2.39. The van der Waals surface area contributed by atoms with E-state index < -0.39 is 0 Å². The van der Waals surface area contributed by atoms with Crippen molar-refractivity contribution < 1.29 is 4.74 Å². The fraction of sp³-hybridized carbons (Fsp3) is 0.154. The van der Waals surface area contributed by atoms with Crippen LogP contribution in [0.1, 0.15) is 0 Å². The van der Waals surface area contributed by atoms with Crippen LogP contribution in [0.4, 0.5) is 11.5 Å². The van der Waals surface area contributed by atoms with Crippen LogP contribution in [0.15, 0.2) is 48.7 Å². The van der Waals surface area contributed by atoms with E-state index >= 15 is 0 Å². The van der Waals surface area contributed by atoms with Gasteiger partial charge in [0.1, 0.15) is 11.6 Å². The highest BCUT2D eigenvalue weighted by molar-refractivity contribution is 5.59. The molecule has 0 spiro atoms. The summed E-state index contributed by atoms with van der Waals surface area (Å²) in [5.41, 5.74) is 1.08. The van der Waals surface area contributed by atoms with E-state index in [0.717, 1.165) is 17.3 Å². The molecule has 0 aliphatic heterocycles. The minimum absolute atomic E-state index is 0.859. The lowest BCUT2D eigenvalue weighted by molar-refractivity contribution is 0.415. The Labute approximate surface area is 95.3 Å². The lowest BCUT2D eigenvalue weighted by Crippen LogP contribution is -2.10. The van der Waals surface area contributed by atoms with Crippen LogP contribution in [-0.4, -0.2) is 19.1 Å². The molecule has 3 nitrogen and oxygen atoms in total. The van der Waals surface area contributed by atoms with Crippen LogP contribution in [0, 0.1) is 0 Å². The van der Waals surface area contributed by atoms with E-state index in [9.17, 15) is 0 Å². The van der Waals surface area contributed by atoms with E-state index in [1.807, 2.05) is 54.4 Å². The fourth-order valence-corrected chi connectivity index (χ4v) is 1.49. The number of anilines is 2. The summed E-state index contributed by atoms with van der Waals surface area (Å²) in [5, 5.41) is 0. The normalized spacial score (nSPS) is 9.88. The Kier molecular flexibility index (Phi) is 3.05. The first-order valence-electron chi connectivity index (χ1n) is 5.10. The molecule has 0 aliphatic rings. The molecule has 0 saturated heterocycles. The Morgan fingerprint density at radius 3 is 2.38 bits per heavy atom. The second kappa shape index (κ2) is 4.66. The van der Waals surface area contributed by atoms with Gasteiger partial charge in [-0.15, -0.1) is 0 Å². The second-order valence-corrected chi connectivity index (χ2v) is 3.44. The van der Waals surface area contributed by atoms with Crippen molar-refractivity contribution in [2.24, 2.45) is 0 Å². The Bertz CT molecular complexity index is 439. The van der Waals surface area contributed by atoms with Crippen molar-refractivity contribution >= 4 is 11.5 Å². The van der Waals surface area contributed by atoms with Crippen LogP contribution >= 0.6 is 0 Å². The predicted molar refractivity (Wildman–Crippen MR) is 65.3 cm³/mol. The quantitative estimate of drug-likeness (QED) is 0.785. The lowest BCUT2D eigenvalue weighted by atomic mass is 10.3. The molecule has 3 heteroatoms. The summed E-state index contributed by atoms with van der Waals surface area (Å²) >= 11 is 0. The Hall–Kier alpha value is -2.03. The van der Waals surface area contributed by atoms with Crippen molar-refractivity contribution in [3.05, 3.63) is 48.7 Å². The number of methoxy groups -OCH3 is 1. The van der Waals surface area contributed by atoms with E-state index in [4.69, 9.17) is 4.74 Å². The highest BCUT2D eigenvalue weighted by Gasteiger charge is 2.03. The van der Waals surface area contributed by atoms with Gasteiger partial charge in [0, 0.05) is 18.9 Å². The third kappa shape index (κ3) is 2.14. The van der Waals surface area contributed by atoms with Gasteiger partial charge in [0.2, 0.25) is 0 Å². The topological polar surface area (TPSA) is 25.4 Å². The monoisotopic (exact) mass is 214 g/mol. The van der Waals surface area contributed by atoms with Crippen LogP contribution in [0.2, 0.25) is 0 Å². The highest BCUT2D eigenvalue weighted by Crippen LogP contribution is 2.23. The maximum Gasteiger partial charge on any atom is 0.132 e. The fourth-order valence-electron chi connectivity index (χ4n) is 1.49. The summed E-state index contributed by atoms with van der Waals surface area (Å²) in [6.07, 6.45) is 1.79. The molecule has 0 saturated carbocycles. The standard InChI is InChI=1S/C13H14N2O/c1-15(13-5-3-4-10-14-13)11-6-8-12(16-2)9-7-11/h3-10H,1-2H3. The predicted octanol–water partition coefficient (Wildman–Crippen LogP) is 2.86. The van der Waals surface area contributed by atoms with E-state index in [2.05, 4.69) is 4.98 Å². The Morgan fingerprint density at radius 2 is 1.81 bits per heavy atom. The zero-order valence-electron chi connectivity index (χ0n) is 9.42. The summed E-state index contributed by atoms with van der Waals surface area (Å²) in [6, 6.07) is 13.8. The molecule has 1 aromatic heterocycles. The molecule has 0 radical (unpaired) electrons. The number of pyridine rings is 1. The molecule has 0 fully saturated rings. The van der Waals surface area contributed by atoms with Gasteiger partial charge in [0.15, 0.2) is 0 Å². The molecule has 0 unspecified atom stereocenters. The van der Waals surface area contributed by atoms with E-state index in [1.165, 1.54) is 0 Å². The van der Waals surface area contributed by atoms with Crippen molar-refractivity contribution in [1.82, 2.24) is 4.98 Å². The lowest BCUT2D eigenvalue weighted by Gasteiger charge is -2.18. The molecule has 0 aliphatic carbocycles.